The first-order chi connectivity index (χ1) is 7.24. The third-order valence-electron chi connectivity index (χ3n) is 4.19. The number of carbonyl (C=O) groups is 1. The summed E-state index contributed by atoms with van der Waals surface area (Å²) < 4.78 is 0. The summed E-state index contributed by atoms with van der Waals surface area (Å²) in [5.41, 5.74) is 0. The van der Waals surface area contributed by atoms with Crippen molar-refractivity contribution in [2.45, 2.75) is 65.7 Å². The molecule has 0 N–H and O–H groups in total. The van der Waals surface area contributed by atoms with Crippen molar-refractivity contribution in [2.24, 2.45) is 17.8 Å². The Morgan fingerprint density at radius 1 is 1.13 bits per heavy atom. The van der Waals surface area contributed by atoms with Crippen LogP contribution in [-0.4, -0.2) is 5.78 Å². The Balaban J connectivity index is 2.62. The van der Waals surface area contributed by atoms with Crippen LogP contribution in [0.2, 0.25) is 0 Å². The van der Waals surface area contributed by atoms with E-state index in [1.165, 1.54) is 25.7 Å². The van der Waals surface area contributed by atoms with Gasteiger partial charge in [-0.2, -0.15) is 0 Å². The van der Waals surface area contributed by atoms with Crippen molar-refractivity contribution >= 4 is 5.78 Å². The summed E-state index contributed by atoms with van der Waals surface area (Å²) >= 11 is 0. The van der Waals surface area contributed by atoms with Crippen LogP contribution in [-0.2, 0) is 4.79 Å². The summed E-state index contributed by atoms with van der Waals surface area (Å²) in [6, 6.07) is 0. The minimum absolute atomic E-state index is 0.335. The van der Waals surface area contributed by atoms with Gasteiger partial charge in [0.05, 0.1) is 0 Å². The molecule has 1 nitrogen and oxygen atoms in total. The molecule has 0 amide bonds. The van der Waals surface area contributed by atoms with Crippen LogP contribution in [0, 0.1) is 17.8 Å². The van der Waals surface area contributed by atoms with Crippen molar-refractivity contribution in [2.75, 3.05) is 0 Å². The van der Waals surface area contributed by atoms with Crippen LogP contribution >= 0.6 is 0 Å². The third kappa shape index (κ3) is 3.06. The molecule has 1 aliphatic rings. The van der Waals surface area contributed by atoms with Crippen molar-refractivity contribution in [3.8, 4) is 0 Å². The number of Topliss-reactive ketones (excluding diaryl/α,β-unsaturated/α-hetero) is 1. The first kappa shape index (κ1) is 12.7. The number of hydrogen-bond donors (Lipinski definition) is 0. The molecule has 1 heteroatoms. The molecule has 0 heterocycles. The predicted octanol–water partition coefficient (Wildman–Crippen LogP) is 4.21. The van der Waals surface area contributed by atoms with Gasteiger partial charge in [-0.25, -0.2) is 0 Å². The molecule has 1 saturated carbocycles. The fraction of sp³-hybridized carbons (Fsp3) is 0.929. The molecule has 1 fully saturated rings. The highest BCUT2D eigenvalue weighted by Crippen LogP contribution is 2.35. The molecule has 0 spiro atoms. The van der Waals surface area contributed by atoms with E-state index in [2.05, 4.69) is 20.8 Å². The molecule has 2 atom stereocenters. The Bertz CT molecular complexity index is 194. The molecule has 0 aliphatic heterocycles. The van der Waals surface area contributed by atoms with Crippen LogP contribution in [0.4, 0.5) is 0 Å². The SMILES string of the molecule is CCC(CC)C(=O)C1CCCCC1CC. The van der Waals surface area contributed by atoms with Crippen LogP contribution in [0.5, 0.6) is 0 Å². The zero-order chi connectivity index (χ0) is 11.3. The fourth-order valence-electron chi connectivity index (χ4n) is 3.06. The van der Waals surface area contributed by atoms with Gasteiger partial charge < -0.3 is 0 Å². The second-order valence-electron chi connectivity index (χ2n) is 4.98. The summed E-state index contributed by atoms with van der Waals surface area (Å²) in [6.45, 7) is 6.54. The van der Waals surface area contributed by atoms with E-state index in [1.807, 2.05) is 0 Å². The lowest BCUT2D eigenvalue weighted by Crippen LogP contribution is -2.31. The van der Waals surface area contributed by atoms with Crippen LogP contribution in [0.3, 0.4) is 0 Å². The molecule has 2 unspecified atom stereocenters. The third-order valence-corrected chi connectivity index (χ3v) is 4.19. The van der Waals surface area contributed by atoms with Gasteiger partial charge in [0.25, 0.3) is 0 Å². The predicted molar refractivity (Wildman–Crippen MR) is 64.8 cm³/mol. The van der Waals surface area contributed by atoms with E-state index in [0.717, 1.165) is 19.3 Å². The summed E-state index contributed by atoms with van der Waals surface area (Å²) in [5, 5.41) is 0. The van der Waals surface area contributed by atoms with E-state index in [9.17, 15) is 4.79 Å². The second kappa shape index (κ2) is 6.30. The quantitative estimate of drug-likeness (QED) is 0.664. The summed E-state index contributed by atoms with van der Waals surface area (Å²) in [5.74, 6) is 1.99. The highest BCUT2D eigenvalue weighted by molar-refractivity contribution is 5.83. The molecule has 0 saturated heterocycles. The van der Waals surface area contributed by atoms with Gasteiger partial charge in [0, 0.05) is 11.8 Å². The van der Waals surface area contributed by atoms with Crippen molar-refractivity contribution in [3.63, 3.8) is 0 Å². The second-order valence-corrected chi connectivity index (χ2v) is 4.98. The van der Waals surface area contributed by atoms with Gasteiger partial charge in [-0.3, -0.25) is 4.79 Å². The first-order valence-corrected chi connectivity index (χ1v) is 6.78. The molecule has 1 rings (SSSR count). The zero-order valence-electron chi connectivity index (χ0n) is 10.6. The minimum atomic E-state index is 0.335. The van der Waals surface area contributed by atoms with Gasteiger partial charge in [-0.05, 0) is 31.6 Å². The monoisotopic (exact) mass is 210 g/mol. The van der Waals surface area contributed by atoms with E-state index in [0.29, 0.717) is 23.5 Å². The molecule has 0 bridgehead atoms. The average Bonchev–Trinajstić information content (AvgIpc) is 2.30. The maximum atomic E-state index is 12.3. The van der Waals surface area contributed by atoms with Crippen LogP contribution in [0.25, 0.3) is 0 Å². The van der Waals surface area contributed by atoms with Crippen molar-refractivity contribution in [1.82, 2.24) is 0 Å². The zero-order valence-corrected chi connectivity index (χ0v) is 10.6. The molecule has 1 aliphatic carbocycles. The number of carbonyl (C=O) groups excluding carboxylic acids is 1. The number of hydrogen-bond acceptors (Lipinski definition) is 1. The lowest BCUT2D eigenvalue weighted by molar-refractivity contribution is -0.129. The lowest BCUT2D eigenvalue weighted by Gasteiger charge is -2.31. The van der Waals surface area contributed by atoms with E-state index >= 15 is 0 Å². The van der Waals surface area contributed by atoms with E-state index in [-0.39, 0.29) is 0 Å². The molecule has 0 aromatic carbocycles. The maximum Gasteiger partial charge on any atom is 0.139 e. The maximum absolute atomic E-state index is 12.3. The fourth-order valence-corrected chi connectivity index (χ4v) is 3.06. The standard InChI is InChI=1S/C14H26O/c1-4-11(5-2)14(15)13-10-8-7-9-12(13)6-3/h11-13H,4-10H2,1-3H3. The Morgan fingerprint density at radius 3 is 2.27 bits per heavy atom. The first-order valence-electron chi connectivity index (χ1n) is 6.78. The largest absolute Gasteiger partial charge is 0.299 e. The lowest BCUT2D eigenvalue weighted by atomic mass is 9.72. The topological polar surface area (TPSA) is 17.1 Å². The smallest absolute Gasteiger partial charge is 0.139 e. The average molecular weight is 210 g/mol. The molecular weight excluding hydrogens is 184 g/mol. The summed E-state index contributed by atoms with van der Waals surface area (Å²) in [6.07, 6.45) is 8.31. The molecular formula is C14H26O. The van der Waals surface area contributed by atoms with Crippen molar-refractivity contribution in [3.05, 3.63) is 0 Å². The van der Waals surface area contributed by atoms with Crippen molar-refractivity contribution < 1.29 is 4.79 Å². The minimum Gasteiger partial charge on any atom is -0.299 e. The van der Waals surface area contributed by atoms with Crippen molar-refractivity contribution in [1.29, 1.82) is 0 Å². The van der Waals surface area contributed by atoms with E-state index < -0.39 is 0 Å². The molecule has 0 aromatic rings. The Morgan fingerprint density at radius 2 is 1.73 bits per heavy atom. The highest BCUT2D eigenvalue weighted by Gasteiger charge is 2.32. The molecule has 88 valence electrons. The highest BCUT2D eigenvalue weighted by atomic mass is 16.1. The number of ketones is 1. The normalized spacial score (nSPS) is 26.9. The van der Waals surface area contributed by atoms with Gasteiger partial charge in [-0.15, -0.1) is 0 Å². The Kier molecular flexibility index (Phi) is 5.35. The summed E-state index contributed by atoms with van der Waals surface area (Å²) in [4.78, 5) is 12.3. The molecule has 0 aromatic heterocycles. The molecule has 0 radical (unpaired) electrons. The van der Waals surface area contributed by atoms with Crippen LogP contribution < -0.4 is 0 Å². The van der Waals surface area contributed by atoms with Gasteiger partial charge in [0.2, 0.25) is 0 Å². The molecule has 15 heavy (non-hydrogen) atoms. The Hall–Kier alpha value is -0.330. The summed E-state index contributed by atoms with van der Waals surface area (Å²) in [7, 11) is 0. The van der Waals surface area contributed by atoms with Gasteiger partial charge >= 0.3 is 0 Å². The van der Waals surface area contributed by atoms with Gasteiger partial charge in [-0.1, -0.05) is 40.0 Å². The van der Waals surface area contributed by atoms with Gasteiger partial charge in [0.15, 0.2) is 0 Å². The van der Waals surface area contributed by atoms with Gasteiger partial charge in [0.1, 0.15) is 5.78 Å². The van der Waals surface area contributed by atoms with Crippen LogP contribution in [0.15, 0.2) is 0 Å². The Labute approximate surface area is 94.6 Å². The van der Waals surface area contributed by atoms with E-state index in [1.54, 1.807) is 0 Å². The van der Waals surface area contributed by atoms with E-state index in [4.69, 9.17) is 0 Å². The number of rotatable bonds is 5. The van der Waals surface area contributed by atoms with Crippen LogP contribution in [0.1, 0.15) is 65.7 Å².